The van der Waals surface area contributed by atoms with E-state index >= 15 is 0 Å². The van der Waals surface area contributed by atoms with E-state index in [2.05, 4.69) is 28.6 Å². The Morgan fingerprint density at radius 1 is 1.36 bits per heavy atom. The van der Waals surface area contributed by atoms with E-state index in [0.717, 1.165) is 69.8 Å². The summed E-state index contributed by atoms with van der Waals surface area (Å²) in [6, 6.07) is 8.15. The van der Waals surface area contributed by atoms with Gasteiger partial charge in [-0.1, -0.05) is 19.1 Å². The van der Waals surface area contributed by atoms with Gasteiger partial charge >= 0.3 is 0 Å². The topological polar surface area (TPSA) is 64.1 Å². The summed E-state index contributed by atoms with van der Waals surface area (Å²) < 4.78 is 16.5. The predicted octanol–water partition coefficient (Wildman–Crippen LogP) is 3.03. The number of methoxy groups -OCH3 is 1. The highest BCUT2D eigenvalue weighted by Crippen LogP contribution is 2.29. The van der Waals surface area contributed by atoms with E-state index in [1.54, 1.807) is 14.2 Å². The van der Waals surface area contributed by atoms with Crippen molar-refractivity contribution in [3.05, 3.63) is 24.3 Å². The average Bonchev–Trinajstić information content (AvgIpc) is 3.24. The van der Waals surface area contributed by atoms with Crippen LogP contribution in [0.5, 0.6) is 5.75 Å². The van der Waals surface area contributed by atoms with Crippen molar-refractivity contribution in [1.29, 1.82) is 0 Å². The van der Waals surface area contributed by atoms with Gasteiger partial charge in [-0.25, -0.2) is 0 Å². The molecule has 2 unspecified atom stereocenters. The summed E-state index contributed by atoms with van der Waals surface area (Å²) in [5.41, 5.74) is 0. The third-order valence-electron chi connectivity index (χ3n) is 4.57. The second-order valence-corrected chi connectivity index (χ2v) is 8.17. The van der Waals surface area contributed by atoms with Gasteiger partial charge in [-0.2, -0.15) is 0 Å². The van der Waals surface area contributed by atoms with E-state index in [-0.39, 0.29) is 0 Å². The number of aliphatic imine (C=N–C) groups is 1. The number of ether oxygens (including phenoxy) is 3. The number of nitrogens with zero attached hydrogens (tertiary/aromatic N) is 1. The van der Waals surface area contributed by atoms with Gasteiger partial charge in [0.25, 0.3) is 0 Å². The summed E-state index contributed by atoms with van der Waals surface area (Å²) in [6.07, 6.45) is 2.09. The van der Waals surface area contributed by atoms with Crippen molar-refractivity contribution in [3.8, 4) is 5.75 Å². The largest absolute Gasteiger partial charge is 0.496 e. The molecule has 6 nitrogen and oxygen atoms in total. The average molecular weight is 410 g/mol. The second kappa shape index (κ2) is 13.7. The first-order valence-corrected chi connectivity index (χ1v) is 11.1. The Morgan fingerprint density at radius 3 is 2.96 bits per heavy atom. The molecule has 7 heteroatoms. The zero-order chi connectivity index (χ0) is 20.0. The Kier molecular flexibility index (Phi) is 11.2. The Morgan fingerprint density at radius 2 is 2.21 bits per heavy atom. The maximum atomic E-state index is 5.73. The molecule has 1 aromatic carbocycles. The molecule has 0 bridgehead atoms. The summed E-state index contributed by atoms with van der Waals surface area (Å²) in [5.74, 6) is 3.89. The molecule has 1 aliphatic heterocycles. The Hall–Kier alpha value is -1.44. The highest BCUT2D eigenvalue weighted by atomic mass is 32.2. The molecular formula is C21H35N3O3S. The Labute approximate surface area is 173 Å². The number of rotatable bonds is 12. The molecule has 2 N–H and O–H groups in total. The number of hydrogen-bond acceptors (Lipinski definition) is 5. The second-order valence-electron chi connectivity index (χ2n) is 7.11. The summed E-state index contributed by atoms with van der Waals surface area (Å²) >= 11 is 1.83. The lowest BCUT2D eigenvalue weighted by Crippen LogP contribution is -2.40. The number of benzene rings is 1. The van der Waals surface area contributed by atoms with Crippen LogP contribution in [0.3, 0.4) is 0 Å². The molecule has 0 aromatic heterocycles. The number of para-hydroxylation sites is 1. The molecule has 0 spiro atoms. The molecule has 0 radical (unpaired) electrons. The highest BCUT2D eigenvalue weighted by Gasteiger charge is 2.15. The molecule has 1 saturated heterocycles. The fourth-order valence-electron chi connectivity index (χ4n) is 2.87. The first-order chi connectivity index (χ1) is 13.7. The minimum Gasteiger partial charge on any atom is -0.496 e. The van der Waals surface area contributed by atoms with Gasteiger partial charge in [-0.3, -0.25) is 4.99 Å². The molecule has 158 valence electrons. The van der Waals surface area contributed by atoms with E-state index in [1.165, 1.54) is 4.90 Å². The van der Waals surface area contributed by atoms with Crippen molar-refractivity contribution in [2.75, 3.05) is 59.4 Å². The summed E-state index contributed by atoms with van der Waals surface area (Å²) in [6.45, 7) is 7.28. The SMILES string of the molecule is CN=C(NCCCOCC1CCOC1)NCC(C)CSc1ccccc1OC. The monoisotopic (exact) mass is 409 g/mol. The Balaban J connectivity index is 1.54. The third-order valence-corrected chi connectivity index (χ3v) is 5.95. The fraction of sp³-hybridized carbons (Fsp3) is 0.667. The first kappa shape index (κ1) is 22.8. The minimum atomic E-state index is 0.505. The zero-order valence-corrected chi connectivity index (χ0v) is 18.2. The summed E-state index contributed by atoms with van der Waals surface area (Å²) in [7, 11) is 3.52. The maximum Gasteiger partial charge on any atom is 0.190 e. The maximum absolute atomic E-state index is 5.73. The van der Waals surface area contributed by atoms with Crippen LogP contribution in [0, 0.1) is 11.8 Å². The molecule has 1 aromatic rings. The van der Waals surface area contributed by atoms with Gasteiger partial charge in [0.05, 0.1) is 20.3 Å². The van der Waals surface area contributed by atoms with Gasteiger partial charge in [0, 0.05) is 49.9 Å². The van der Waals surface area contributed by atoms with Gasteiger partial charge in [0.15, 0.2) is 5.96 Å². The van der Waals surface area contributed by atoms with Crippen molar-refractivity contribution in [2.24, 2.45) is 16.8 Å². The van der Waals surface area contributed by atoms with Gasteiger partial charge in [-0.15, -0.1) is 11.8 Å². The van der Waals surface area contributed by atoms with E-state index in [0.29, 0.717) is 11.8 Å². The third kappa shape index (κ3) is 8.71. The highest BCUT2D eigenvalue weighted by molar-refractivity contribution is 7.99. The lowest BCUT2D eigenvalue weighted by molar-refractivity contribution is 0.0888. The molecule has 0 aliphatic carbocycles. The van der Waals surface area contributed by atoms with E-state index < -0.39 is 0 Å². The standard InChI is InChI=1S/C21H35N3O3S/c1-17(16-28-20-8-5-4-7-19(20)25-3)13-24-21(22-2)23-10-6-11-26-14-18-9-12-27-15-18/h4-5,7-8,17-18H,6,9-16H2,1-3H3,(H2,22,23,24). The first-order valence-electron chi connectivity index (χ1n) is 10.1. The molecule has 1 heterocycles. The lowest BCUT2D eigenvalue weighted by Gasteiger charge is -2.16. The van der Waals surface area contributed by atoms with Crippen molar-refractivity contribution in [1.82, 2.24) is 10.6 Å². The van der Waals surface area contributed by atoms with Crippen molar-refractivity contribution in [2.45, 2.75) is 24.7 Å². The van der Waals surface area contributed by atoms with Crippen molar-refractivity contribution >= 4 is 17.7 Å². The molecule has 0 saturated carbocycles. The van der Waals surface area contributed by atoms with Gasteiger partial charge in [0.2, 0.25) is 0 Å². The van der Waals surface area contributed by atoms with Crippen LogP contribution in [-0.2, 0) is 9.47 Å². The number of guanidine groups is 1. The van der Waals surface area contributed by atoms with Crippen LogP contribution in [0.1, 0.15) is 19.8 Å². The zero-order valence-electron chi connectivity index (χ0n) is 17.4. The molecule has 1 fully saturated rings. The van der Waals surface area contributed by atoms with E-state index in [9.17, 15) is 0 Å². The fourth-order valence-corrected chi connectivity index (χ4v) is 3.92. The number of nitrogens with one attached hydrogen (secondary N) is 2. The molecule has 2 rings (SSSR count). The van der Waals surface area contributed by atoms with E-state index in [1.807, 2.05) is 30.0 Å². The molecule has 1 aliphatic rings. The quantitative estimate of drug-likeness (QED) is 0.239. The van der Waals surface area contributed by atoms with Crippen LogP contribution in [-0.4, -0.2) is 65.4 Å². The smallest absolute Gasteiger partial charge is 0.190 e. The molecular weight excluding hydrogens is 374 g/mol. The van der Waals surface area contributed by atoms with Crippen LogP contribution in [0.2, 0.25) is 0 Å². The lowest BCUT2D eigenvalue weighted by atomic mass is 10.1. The van der Waals surface area contributed by atoms with E-state index in [4.69, 9.17) is 14.2 Å². The number of hydrogen-bond donors (Lipinski definition) is 2. The van der Waals surface area contributed by atoms with Crippen LogP contribution in [0.25, 0.3) is 0 Å². The normalized spacial score (nSPS) is 18.1. The molecule has 2 atom stereocenters. The van der Waals surface area contributed by atoms with Gasteiger partial charge in [0.1, 0.15) is 5.75 Å². The summed E-state index contributed by atoms with van der Waals surface area (Å²) in [5, 5.41) is 6.76. The van der Waals surface area contributed by atoms with Gasteiger partial charge < -0.3 is 24.8 Å². The predicted molar refractivity (Wildman–Crippen MR) is 117 cm³/mol. The van der Waals surface area contributed by atoms with Crippen LogP contribution in [0.15, 0.2) is 34.2 Å². The Bertz CT molecular complexity index is 580. The molecule has 0 amide bonds. The van der Waals surface area contributed by atoms with Crippen molar-refractivity contribution < 1.29 is 14.2 Å². The van der Waals surface area contributed by atoms with Crippen molar-refractivity contribution in [3.63, 3.8) is 0 Å². The molecule has 28 heavy (non-hydrogen) atoms. The summed E-state index contributed by atoms with van der Waals surface area (Å²) in [4.78, 5) is 5.48. The number of thioether (sulfide) groups is 1. The minimum absolute atomic E-state index is 0.505. The van der Waals surface area contributed by atoms with Gasteiger partial charge in [-0.05, 0) is 30.9 Å². The van der Waals surface area contributed by atoms with Crippen LogP contribution in [0.4, 0.5) is 0 Å². The van der Waals surface area contributed by atoms with Crippen LogP contribution < -0.4 is 15.4 Å². The van der Waals surface area contributed by atoms with Crippen LogP contribution >= 0.6 is 11.8 Å².